The molecule has 0 aliphatic heterocycles. The number of rotatable bonds is 6. The van der Waals surface area contributed by atoms with Gasteiger partial charge in [0.25, 0.3) is 0 Å². The summed E-state index contributed by atoms with van der Waals surface area (Å²) in [7, 11) is 0. The topological polar surface area (TPSA) is 0 Å². The van der Waals surface area contributed by atoms with Crippen molar-refractivity contribution >= 4 is 0 Å². The van der Waals surface area contributed by atoms with Crippen LogP contribution in [0, 0.1) is 23.2 Å². The molecule has 0 aromatic heterocycles. The van der Waals surface area contributed by atoms with Gasteiger partial charge in [0.05, 0.1) is 0 Å². The predicted molar refractivity (Wildman–Crippen MR) is 64.4 cm³/mol. The molecule has 0 N–H and O–H groups in total. The van der Waals surface area contributed by atoms with E-state index < -0.39 is 0 Å². The van der Waals surface area contributed by atoms with Crippen molar-refractivity contribution in [2.24, 2.45) is 23.2 Å². The van der Waals surface area contributed by atoms with Crippen molar-refractivity contribution in [2.45, 2.75) is 66.7 Å². The van der Waals surface area contributed by atoms with E-state index in [1.54, 1.807) is 0 Å². The van der Waals surface area contributed by atoms with Crippen LogP contribution in [0.25, 0.3) is 0 Å². The maximum Gasteiger partial charge on any atom is -0.0266 e. The summed E-state index contributed by atoms with van der Waals surface area (Å²) >= 11 is 0. The summed E-state index contributed by atoms with van der Waals surface area (Å²) in [5, 5.41) is 0. The predicted octanol–water partition coefficient (Wildman–Crippen LogP) is 4.89. The largest absolute Gasteiger partial charge is 0.0654 e. The van der Waals surface area contributed by atoms with Gasteiger partial charge in [-0.05, 0) is 36.0 Å². The second kappa shape index (κ2) is 4.68. The molecule has 0 saturated heterocycles. The van der Waals surface area contributed by atoms with Crippen molar-refractivity contribution in [2.75, 3.05) is 0 Å². The Morgan fingerprint density at radius 3 is 2.43 bits per heavy atom. The van der Waals surface area contributed by atoms with Crippen LogP contribution in [0.3, 0.4) is 0 Å². The first-order valence-corrected chi connectivity index (χ1v) is 6.56. The molecular formula is C14H28. The van der Waals surface area contributed by atoms with Gasteiger partial charge in [-0.25, -0.2) is 0 Å². The Morgan fingerprint density at radius 2 is 1.93 bits per heavy atom. The minimum Gasteiger partial charge on any atom is -0.0654 e. The Balaban J connectivity index is 2.38. The molecule has 0 heterocycles. The van der Waals surface area contributed by atoms with E-state index in [-0.39, 0.29) is 0 Å². The van der Waals surface area contributed by atoms with Gasteiger partial charge >= 0.3 is 0 Å². The van der Waals surface area contributed by atoms with E-state index in [2.05, 4.69) is 34.6 Å². The van der Waals surface area contributed by atoms with Crippen molar-refractivity contribution in [3.8, 4) is 0 Å². The van der Waals surface area contributed by atoms with Crippen molar-refractivity contribution in [1.82, 2.24) is 0 Å². The molecular weight excluding hydrogens is 168 g/mol. The van der Waals surface area contributed by atoms with E-state index in [1.165, 1.54) is 32.1 Å². The Hall–Kier alpha value is 0. The van der Waals surface area contributed by atoms with Crippen molar-refractivity contribution < 1.29 is 0 Å². The monoisotopic (exact) mass is 196 g/mol. The van der Waals surface area contributed by atoms with Crippen molar-refractivity contribution in [3.63, 3.8) is 0 Å². The van der Waals surface area contributed by atoms with Crippen LogP contribution in [0.5, 0.6) is 0 Å². The van der Waals surface area contributed by atoms with E-state index in [0.29, 0.717) is 5.41 Å². The lowest BCUT2D eigenvalue weighted by atomic mass is 9.79. The summed E-state index contributed by atoms with van der Waals surface area (Å²) < 4.78 is 0. The second-order valence-electron chi connectivity index (χ2n) is 5.72. The second-order valence-corrected chi connectivity index (χ2v) is 5.72. The summed E-state index contributed by atoms with van der Waals surface area (Å²) in [4.78, 5) is 0. The fourth-order valence-corrected chi connectivity index (χ4v) is 2.92. The lowest BCUT2D eigenvalue weighted by Gasteiger charge is -2.26. The summed E-state index contributed by atoms with van der Waals surface area (Å²) in [5.74, 6) is 2.88. The summed E-state index contributed by atoms with van der Waals surface area (Å²) in [5.41, 5.74) is 0.699. The first-order valence-electron chi connectivity index (χ1n) is 6.56. The molecule has 0 aromatic carbocycles. The smallest absolute Gasteiger partial charge is 0.0266 e. The molecule has 0 heteroatoms. The van der Waals surface area contributed by atoms with Crippen LogP contribution in [0.1, 0.15) is 66.7 Å². The molecule has 0 aromatic rings. The molecule has 4 unspecified atom stereocenters. The van der Waals surface area contributed by atoms with Crippen LogP contribution < -0.4 is 0 Å². The highest BCUT2D eigenvalue weighted by atomic mass is 14.6. The molecule has 0 spiro atoms. The van der Waals surface area contributed by atoms with E-state index in [9.17, 15) is 0 Å². The molecule has 14 heavy (non-hydrogen) atoms. The highest BCUT2D eigenvalue weighted by Gasteiger charge is 2.53. The third-order valence-corrected chi connectivity index (χ3v) is 4.90. The van der Waals surface area contributed by atoms with Crippen LogP contribution in [0.2, 0.25) is 0 Å². The zero-order chi connectivity index (χ0) is 10.8. The van der Waals surface area contributed by atoms with Gasteiger partial charge in [0.2, 0.25) is 0 Å². The molecule has 1 rings (SSSR count). The third-order valence-electron chi connectivity index (χ3n) is 4.90. The van der Waals surface area contributed by atoms with Gasteiger partial charge in [0.1, 0.15) is 0 Å². The Labute approximate surface area is 90.5 Å². The van der Waals surface area contributed by atoms with Gasteiger partial charge in [-0.15, -0.1) is 0 Å². The summed E-state index contributed by atoms with van der Waals surface area (Å²) in [6.45, 7) is 12.0. The van der Waals surface area contributed by atoms with Crippen LogP contribution in [-0.4, -0.2) is 0 Å². The zero-order valence-corrected chi connectivity index (χ0v) is 10.8. The Morgan fingerprint density at radius 1 is 1.29 bits per heavy atom. The van der Waals surface area contributed by atoms with Gasteiger partial charge in [-0.1, -0.05) is 53.9 Å². The van der Waals surface area contributed by atoms with Crippen LogP contribution >= 0.6 is 0 Å². The number of hydrogen-bond acceptors (Lipinski definition) is 0. The lowest BCUT2D eigenvalue weighted by Crippen LogP contribution is -2.19. The first-order chi connectivity index (χ1) is 6.56. The van der Waals surface area contributed by atoms with Crippen LogP contribution in [0.15, 0.2) is 0 Å². The van der Waals surface area contributed by atoms with Gasteiger partial charge < -0.3 is 0 Å². The average Bonchev–Trinajstić information content (AvgIpc) is 2.85. The zero-order valence-electron chi connectivity index (χ0n) is 10.8. The van der Waals surface area contributed by atoms with Crippen molar-refractivity contribution in [1.29, 1.82) is 0 Å². The quantitative estimate of drug-likeness (QED) is 0.567. The Bertz CT molecular complexity index is 173. The van der Waals surface area contributed by atoms with Crippen LogP contribution in [0.4, 0.5) is 0 Å². The van der Waals surface area contributed by atoms with E-state index >= 15 is 0 Å². The SMILES string of the molecule is CCCCC1CC1(C)C(C)C(C)CC. The standard InChI is InChI=1S/C14H28/c1-6-8-9-13-10-14(13,5)12(4)11(3)7-2/h11-13H,6-10H2,1-5H3. The number of unbranched alkanes of at least 4 members (excludes halogenated alkanes) is 1. The molecule has 0 nitrogen and oxygen atoms in total. The minimum atomic E-state index is 0.699. The van der Waals surface area contributed by atoms with Gasteiger partial charge in [-0.3, -0.25) is 0 Å². The molecule has 1 saturated carbocycles. The lowest BCUT2D eigenvalue weighted by molar-refractivity contribution is 0.230. The molecule has 4 atom stereocenters. The highest BCUT2D eigenvalue weighted by Crippen LogP contribution is 2.61. The third kappa shape index (κ3) is 2.32. The maximum atomic E-state index is 2.52. The van der Waals surface area contributed by atoms with Crippen LogP contribution in [-0.2, 0) is 0 Å². The molecule has 0 bridgehead atoms. The van der Waals surface area contributed by atoms with E-state index in [0.717, 1.165) is 17.8 Å². The molecule has 1 aliphatic carbocycles. The number of hydrogen-bond donors (Lipinski definition) is 0. The fourth-order valence-electron chi connectivity index (χ4n) is 2.92. The summed E-state index contributed by atoms with van der Waals surface area (Å²) in [6, 6.07) is 0. The fraction of sp³-hybridized carbons (Fsp3) is 1.00. The van der Waals surface area contributed by atoms with E-state index in [4.69, 9.17) is 0 Å². The molecule has 0 amide bonds. The highest BCUT2D eigenvalue weighted by molar-refractivity contribution is 5.02. The van der Waals surface area contributed by atoms with Gasteiger partial charge in [-0.2, -0.15) is 0 Å². The Kier molecular flexibility index (Phi) is 4.04. The van der Waals surface area contributed by atoms with Gasteiger partial charge in [0.15, 0.2) is 0 Å². The molecule has 84 valence electrons. The molecule has 1 aliphatic rings. The van der Waals surface area contributed by atoms with Crippen molar-refractivity contribution in [3.05, 3.63) is 0 Å². The molecule has 1 fully saturated rings. The summed E-state index contributed by atoms with van der Waals surface area (Å²) in [6.07, 6.45) is 7.13. The van der Waals surface area contributed by atoms with Gasteiger partial charge in [0, 0.05) is 0 Å². The maximum absolute atomic E-state index is 2.52. The average molecular weight is 196 g/mol. The minimum absolute atomic E-state index is 0.699. The first kappa shape index (κ1) is 12.1. The molecule has 0 radical (unpaired) electrons. The van der Waals surface area contributed by atoms with E-state index in [1.807, 2.05) is 0 Å². The normalized spacial score (nSPS) is 35.4.